The molecule has 23 heavy (non-hydrogen) atoms. The lowest BCUT2D eigenvalue weighted by molar-refractivity contribution is -0.131. The lowest BCUT2D eigenvalue weighted by Gasteiger charge is -2.23. The molecule has 2 heterocycles. The zero-order valence-electron chi connectivity index (χ0n) is 12.7. The SMILES string of the molecule is O=C(CCc1ncn[nH]1)N1CCC(O)(Cc2cccc(Cl)c2)C1. The minimum atomic E-state index is -0.882. The summed E-state index contributed by atoms with van der Waals surface area (Å²) < 4.78 is 0. The van der Waals surface area contributed by atoms with Gasteiger partial charge in [-0.2, -0.15) is 5.10 Å². The van der Waals surface area contributed by atoms with Crippen LogP contribution in [0.5, 0.6) is 0 Å². The highest BCUT2D eigenvalue weighted by Crippen LogP contribution is 2.27. The zero-order valence-corrected chi connectivity index (χ0v) is 13.5. The number of nitrogens with one attached hydrogen (secondary N) is 1. The van der Waals surface area contributed by atoms with Crippen molar-refractivity contribution in [2.45, 2.75) is 31.3 Å². The van der Waals surface area contributed by atoms with Gasteiger partial charge in [-0.1, -0.05) is 23.7 Å². The van der Waals surface area contributed by atoms with Crippen molar-refractivity contribution in [3.63, 3.8) is 0 Å². The zero-order chi connectivity index (χ0) is 16.3. The van der Waals surface area contributed by atoms with Crippen molar-refractivity contribution in [2.75, 3.05) is 13.1 Å². The smallest absolute Gasteiger partial charge is 0.223 e. The molecule has 2 N–H and O–H groups in total. The number of amides is 1. The number of β-amino-alcohol motifs (C(OH)–C–C–N with tert-alkyl or cyclic N) is 1. The van der Waals surface area contributed by atoms with E-state index < -0.39 is 5.60 Å². The number of halogens is 1. The van der Waals surface area contributed by atoms with Crippen LogP contribution in [0.2, 0.25) is 5.02 Å². The maximum atomic E-state index is 12.3. The van der Waals surface area contributed by atoms with Gasteiger partial charge < -0.3 is 10.0 Å². The lowest BCUT2D eigenvalue weighted by Crippen LogP contribution is -2.37. The highest BCUT2D eigenvalue weighted by Gasteiger charge is 2.38. The molecule has 0 aliphatic carbocycles. The van der Waals surface area contributed by atoms with E-state index in [1.165, 1.54) is 6.33 Å². The summed E-state index contributed by atoms with van der Waals surface area (Å²) in [6, 6.07) is 7.48. The van der Waals surface area contributed by atoms with Crippen LogP contribution < -0.4 is 0 Å². The van der Waals surface area contributed by atoms with Crippen LogP contribution in [0.25, 0.3) is 0 Å². The quantitative estimate of drug-likeness (QED) is 0.870. The van der Waals surface area contributed by atoms with Crippen molar-refractivity contribution in [3.05, 3.63) is 47.0 Å². The van der Waals surface area contributed by atoms with Crippen LogP contribution in [0, 0.1) is 0 Å². The number of aliphatic hydroxyl groups is 1. The van der Waals surface area contributed by atoms with Gasteiger partial charge in [-0.05, 0) is 24.1 Å². The molecule has 6 nitrogen and oxygen atoms in total. The third kappa shape index (κ3) is 4.09. The van der Waals surface area contributed by atoms with E-state index in [2.05, 4.69) is 15.2 Å². The number of likely N-dealkylation sites (tertiary alicyclic amines) is 1. The molecule has 1 amide bonds. The molecule has 0 radical (unpaired) electrons. The van der Waals surface area contributed by atoms with Crippen molar-refractivity contribution in [3.8, 4) is 0 Å². The maximum absolute atomic E-state index is 12.3. The standard InChI is InChI=1S/C16H19ClN4O2/c17-13-3-1-2-12(8-13)9-16(23)6-7-21(10-16)15(22)5-4-14-18-11-19-20-14/h1-3,8,11,23H,4-7,9-10H2,(H,18,19,20). The molecule has 1 unspecified atom stereocenters. The molecule has 1 aromatic heterocycles. The van der Waals surface area contributed by atoms with E-state index in [0.29, 0.717) is 49.6 Å². The first-order valence-electron chi connectivity index (χ1n) is 7.63. The van der Waals surface area contributed by atoms with Gasteiger partial charge in [-0.15, -0.1) is 0 Å². The average Bonchev–Trinajstić information content (AvgIpc) is 3.14. The molecular weight excluding hydrogens is 316 g/mol. The van der Waals surface area contributed by atoms with Crippen LogP contribution in [0.1, 0.15) is 24.2 Å². The van der Waals surface area contributed by atoms with Gasteiger partial charge in [-0.25, -0.2) is 4.98 Å². The minimum absolute atomic E-state index is 0.0309. The number of hydrogen-bond acceptors (Lipinski definition) is 4. The van der Waals surface area contributed by atoms with Crippen molar-refractivity contribution in [2.24, 2.45) is 0 Å². The summed E-state index contributed by atoms with van der Waals surface area (Å²) in [5, 5.41) is 17.9. The van der Waals surface area contributed by atoms with Gasteiger partial charge in [0.05, 0.1) is 5.60 Å². The number of hydrogen-bond donors (Lipinski definition) is 2. The Morgan fingerprint density at radius 2 is 2.35 bits per heavy atom. The summed E-state index contributed by atoms with van der Waals surface area (Å²) in [5.41, 5.74) is 0.100. The van der Waals surface area contributed by atoms with Crippen LogP contribution in [0.4, 0.5) is 0 Å². The second-order valence-electron chi connectivity index (χ2n) is 6.03. The molecule has 0 spiro atoms. The fraction of sp³-hybridized carbons (Fsp3) is 0.438. The molecule has 7 heteroatoms. The van der Waals surface area contributed by atoms with Crippen LogP contribution >= 0.6 is 11.6 Å². The molecule has 1 saturated heterocycles. The van der Waals surface area contributed by atoms with E-state index in [9.17, 15) is 9.90 Å². The Hall–Kier alpha value is -1.92. The van der Waals surface area contributed by atoms with Crippen molar-refractivity contribution >= 4 is 17.5 Å². The first kappa shape index (κ1) is 16.0. The number of aromatic nitrogens is 3. The second kappa shape index (κ2) is 6.68. The van der Waals surface area contributed by atoms with Crippen LogP contribution in [0.15, 0.2) is 30.6 Å². The summed E-state index contributed by atoms with van der Waals surface area (Å²) in [4.78, 5) is 18.0. The van der Waals surface area contributed by atoms with Gasteiger partial charge in [0, 0.05) is 37.4 Å². The normalized spacial score (nSPS) is 20.9. The molecule has 1 aliphatic heterocycles. The predicted molar refractivity (Wildman–Crippen MR) is 86.0 cm³/mol. The molecule has 122 valence electrons. The first-order valence-corrected chi connectivity index (χ1v) is 8.01. The Bertz CT molecular complexity index is 676. The summed E-state index contributed by atoms with van der Waals surface area (Å²) in [7, 11) is 0. The van der Waals surface area contributed by atoms with E-state index in [1.807, 2.05) is 24.3 Å². The van der Waals surface area contributed by atoms with E-state index in [0.717, 1.165) is 5.56 Å². The van der Waals surface area contributed by atoms with E-state index in [1.54, 1.807) is 4.90 Å². The summed E-state index contributed by atoms with van der Waals surface area (Å²) in [6.45, 7) is 0.932. The highest BCUT2D eigenvalue weighted by atomic mass is 35.5. The van der Waals surface area contributed by atoms with Gasteiger partial charge in [0.2, 0.25) is 5.91 Å². The Labute approximate surface area is 139 Å². The number of carbonyl (C=O) groups excluding carboxylic acids is 1. The number of H-pyrrole nitrogens is 1. The Morgan fingerprint density at radius 1 is 1.48 bits per heavy atom. The molecule has 1 aromatic carbocycles. The molecule has 2 aromatic rings. The van der Waals surface area contributed by atoms with Gasteiger partial charge in [0.15, 0.2) is 0 Å². The minimum Gasteiger partial charge on any atom is -0.388 e. The number of carbonyl (C=O) groups is 1. The summed E-state index contributed by atoms with van der Waals surface area (Å²) >= 11 is 5.98. The van der Waals surface area contributed by atoms with Crippen LogP contribution in [-0.2, 0) is 17.6 Å². The van der Waals surface area contributed by atoms with Gasteiger partial charge in [0.25, 0.3) is 0 Å². The number of rotatable bonds is 5. The topological polar surface area (TPSA) is 82.1 Å². The summed E-state index contributed by atoms with van der Waals surface area (Å²) in [6.07, 6.45) is 3.40. The Morgan fingerprint density at radius 3 is 3.09 bits per heavy atom. The van der Waals surface area contributed by atoms with Gasteiger partial charge >= 0.3 is 0 Å². The third-order valence-corrected chi connectivity index (χ3v) is 4.38. The molecule has 1 fully saturated rings. The van der Waals surface area contributed by atoms with Crippen molar-refractivity contribution in [1.82, 2.24) is 20.1 Å². The average molecular weight is 335 g/mol. The van der Waals surface area contributed by atoms with Crippen LogP contribution in [0.3, 0.4) is 0 Å². The molecule has 1 aliphatic rings. The monoisotopic (exact) mass is 334 g/mol. The fourth-order valence-corrected chi connectivity index (χ4v) is 3.19. The fourth-order valence-electron chi connectivity index (χ4n) is 2.98. The number of aryl methyl sites for hydroxylation is 1. The first-order chi connectivity index (χ1) is 11.0. The number of benzene rings is 1. The molecule has 0 bridgehead atoms. The van der Waals surface area contributed by atoms with Gasteiger partial charge in [0.1, 0.15) is 12.2 Å². The predicted octanol–water partition coefficient (Wildman–Crippen LogP) is 1.60. The molecule has 1 atom stereocenters. The highest BCUT2D eigenvalue weighted by molar-refractivity contribution is 6.30. The Balaban J connectivity index is 1.55. The lowest BCUT2D eigenvalue weighted by atomic mass is 9.94. The third-order valence-electron chi connectivity index (χ3n) is 4.15. The van der Waals surface area contributed by atoms with Crippen LogP contribution in [-0.4, -0.2) is 49.8 Å². The van der Waals surface area contributed by atoms with Crippen molar-refractivity contribution < 1.29 is 9.90 Å². The molecule has 0 saturated carbocycles. The van der Waals surface area contributed by atoms with Gasteiger partial charge in [-0.3, -0.25) is 9.89 Å². The molecule has 3 rings (SSSR count). The number of aromatic amines is 1. The number of nitrogens with zero attached hydrogens (tertiary/aromatic N) is 3. The van der Waals surface area contributed by atoms with E-state index in [-0.39, 0.29) is 5.91 Å². The largest absolute Gasteiger partial charge is 0.388 e. The molecular formula is C16H19ClN4O2. The Kier molecular flexibility index (Phi) is 4.63. The summed E-state index contributed by atoms with van der Waals surface area (Å²) in [5.74, 6) is 0.732. The van der Waals surface area contributed by atoms with E-state index in [4.69, 9.17) is 11.6 Å². The van der Waals surface area contributed by atoms with E-state index >= 15 is 0 Å². The van der Waals surface area contributed by atoms with Crippen molar-refractivity contribution in [1.29, 1.82) is 0 Å². The second-order valence-corrected chi connectivity index (χ2v) is 6.46. The maximum Gasteiger partial charge on any atom is 0.223 e.